The number of hydrogen-bond acceptors (Lipinski definition) is 3. The third kappa shape index (κ3) is 4.22. The Bertz CT molecular complexity index is 339. The first-order chi connectivity index (χ1) is 9.74. The smallest absolute Gasteiger partial charge is 0.328 e. The number of carbonyl (C=O) groups is 2. The zero-order chi connectivity index (χ0) is 14.4. The predicted molar refractivity (Wildman–Crippen MR) is 77.2 cm³/mol. The number of hydrogen-bond donors (Lipinski definition) is 0. The topological polar surface area (TPSA) is 46.6 Å². The van der Waals surface area contributed by atoms with Crippen molar-refractivity contribution in [3.63, 3.8) is 0 Å². The number of esters is 1. The molecule has 1 saturated heterocycles. The predicted octanol–water partition coefficient (Wildman–Crippen LogP) is 2.90. The Morgan fingerprint density at radius 3 is 2.55 bits per heavy atom. The molecule has 4 heteroatoms. The molecule has 1 aliphatic heterocycles. The standard InChI is InChI=1S/C16H27NO3/c1-2-3-4-5-6-12-20-16(19)14-8-7-11-17(14)15(18)13-9-10-13/h13-14H,2-12H2,1H3. The van der Waals surface area contributed by atoms with Gasteiger partial charge in [0.2, 0.25) is 5.91 Å². The van der Waals surface area contributed by atoms with Crippen LogP contribution >= 0.6 is 0 Å². The first kappa shape index (κ1) is 15.3. The van der Waals surface area contributed by atoms with Gasteiger partial charge in [-0.05, 0) is 32.1 Å². The molecule has 0 aromatic carbocycles. The molecule has 0 aromatic heterocycles. The van der Waals surface area contributed by atoms with E-state index in [1.54, 1.807) is 4.90 Å². The van der Waals surface area contributed by atoms with Crippen LogP contribution in [-0.4, -0.2) is 36.0 Å². The number of unbranched alkanes of at least 4 members (excludes halogenated alkanes) is 4. The van der Waals surface area contributed by atoms with Crippen LogP contribution in [0.1, 0.15) is 64.7 Å². The minimum absolute atomic E-state index is 0.174. The molecule has 20 heavy (non-hydrogen) atoms. The van der Waals surface area contributed by atoms with E-state index >= 15 is 0 Å². The van der Waals surface area contributed by atoms with Gasteiger partial charge in [0.05, 0.1) is 6.61 Å². The van der Waals surface area contributed by atoms with Gasteiger partial charge in [0.15, 0.2) is 0 Å². The molecule has 2 rings (SSSR count). The molecule has 1 aliphatic carbocycles. The van der Waals surface area contributed by atoms with Gasteiger partial charge in [-0.15, -0.1) is 0 Å². The van der Waals surface area contributed by atoms with Gasteiger partial charge in [-0.1, -0.05) is 32.6 Å². The lowest BCUT2D eigenvalue weighted by molar-refractivity contribution is -0.153. The van der Waals surface area contributed by atoms with Crippen LogP contribution in [-0.2, 0) is 14.3 Å². The second kappa shape index (κ2) is 7.65. The number of amides is 1. The highest BCUT2D eigenvalue weighted by Crippen LogP contribution is 2.33. The zero-order valence-electron chi connectivity index (χ0n) is 12.6. The van der Waals surface area contributed by atoms with Gasteiger partial charge in [0.25, 0.3) is 0 Å². The first-order valence-electron chi connectivity index (χ1n) is 8.21. The van der Waals surface area contributed by atoms with Gasteiger partial charge in [0.1, 0.15) is 6.04 Å². The normalized spacial score (nSPS) is 22.1. The van der Waals surface area contributed by atoms with Gasteiger partial charge < -0.3 is 9.64 Å². The highest BCUT2D eigenvalue weighted by atomic mass is 16.5. The second-order valence-corrected chi connectivity index (χ2v) is 6.05. The third-order valence-electron chi connectivity index (χ3n) is 4.23. The van der Waals surface area contributed by atoms with E-state index in [2.05, 4.69) is 6.92 Å². The summed E-state index contributed by atoms with van der Waals surface area (Å²) in [5.74, 6) is 0.178. The highest BCUT2D eigenvalue weighted by Gasteiger charge is 2.41. The molecular weight excluding hydrogens is 254 g/mol. The van der Waals surface area contributed by atoms with E-state index in [1.165, 1.54) is 19.3 Å². The molecule has 0 bridgehead atoms. The van der Waals surface area contributed by atoms with Crippen LogP contribution in [0.15, 0.2) is 0 Å². The fourth-order valence-corrected chi connectivity index (χ4v) is 2.81. The first-order valence-corrected chi connectivity index (χ1v) is 8.21. The molecule has 0 spiro atoms. The van der Waals surface area contributed by atoms with Crippen molar-refractivity contribution in [3.8, 4) is 0 Å². The molecular formula is C16H27NO3. The van der Waals surface area contributed by atoms with Crippen molar-refractivity contribution in [1.82, 2.24) is 4.90 Å². The van der Waals surface area contributed by atoms with Crippen molar-refractivity contribution in [2.24, 2.45) is 5.92 Å². The molecule has 1 amide bonds. The lowest BCUT2D eigenvalue weighted by Gasteiger charge is -2.23. The quantitative estimate of drug-likeness (QED) is 0.507. The van der Waals surface area contributed by atoms with Crippen molar-refractivity contribution in [2.75, 3.05) is 13.2 Å². The molecule has 2 fully saturated rings. The Balaban J connectivity index is 1.67. The summed E-state index contributed by atoms with van der Waals surface area (Å²) in [5, 5.41) is 0. The summed E-state index contributed by atoms with van der Waals surface area (Å²) in [4.78, 5) is 25.9. The van der Waals surface area contributed by atoms with E-state index in [0.29, 0.717) is 6.61 Å². The van der Waals surface area contributed by atoms with Crippen molar-refractivity contribution < 1.29 is 14.3 Å². The number of ether oxygens (including phenoxy) is 1. The van der Waals surface area contributed by atoms with Crippen LogP contribution in [0.5, 0.6) is 0 Å². The van der Waals surface area contributed by atoms with Crippen LogP contribution in [0.4, 0.5) is 0 Å². The van der Waals surface area contributed by atoms with E-state index in [9.17, 15) is 9.59 Å². The van der Waals surface area contributed by atoms with Gasteiger partial charge >= 0.3 is 5.97 Å². The number of carbonyl (C=O) groups excluding carboxylic acids is 2. The summed E-state index contributed by atoms with van der Waals surface area (Å²) in [6.07, 6.45) is 9.43. The van der Waals surface area contributed by atoms with Crippen LogP contribution in [0, 0.1) is 5.92 Å². The molecule has 1 atom stereocenters. The SMILES string of the molecule is CCCCCCCOC(=O)C1CCCN1C(=O)C1CC1. The monoisotopic (exact) mass is 281 g/mol. The van der Waals surface area contributed by atoms with Crippen LogP contribution in [0.2, 0.25) is 0 Å². The van der Waals surface area contributed by atoms with Crippen molar-refractivity contribution in [2.45, 2.75) is 70.8 Å². The van der Waals surface area contributed by atoms with E-state index in [1.807, 2.05) is 0 Å². The third-order valence-corrected chi connectivity index (χ3v) is 4.23. The van der Waals surface area contributed by atoms with Crippen LogP contribution < -0.4 is 0 Å². The molecule has 0 N–H and O–H groups in total. The summed E-state index contributed by atoms with van der Waals surface area (Å²) in [5.41, 5.74) is 0. The molecule has 1 unspecified atom stereocenters. The van der Waals surface area contributed by atoms with Gasteiger partial charge in [-0.2, -0.15) is 0 Å². The summed E-state index contributed by atoms with van der Waals surface area (Å²) in [7, 11) is 0. The maximum Gasteiger partial charge on any atom is 0.328 e. The molecule has 1 heterocycles. The van der Waals surface area contributed by atoms with Gasteiger partial charge in [-0.25, -0.2) is 4.79 Å². The highest BCUT2D eigenvalue weighted by molar-refractivity contribution is 5.87. The summed E-state index contributed by atoms with van der Waals surface area (Å²) in [6.45, 7) is 3.42. The lowest BCUT2D eigenvalue weighted by atomic mass is 10.2. The average Bonchev–Trinajstić information content (AvgIpc) is 3.18. The van der Waals surface area contributed by atoms with Crippen LogP contribution in [0.3, 0.4) is 0 Å². The van der Waals surface area contributed by atoms with E-state index in [-0.39, 0.29) is 23.8 Å². The lowest BCUT2D eigenvalue weighted by Crippen LogP contribution is -2.42. The maximum absolute atomic E-state index is 12.1. The Labute approximate surface area is 121 Å². The fourth-order valence-electron chi connectivity index (χ4n) is 2.81. The van der Waals surface area contributed by atoms with Crippen LogP contribution in [0.25, 0.3) is 0 Å². The van der Waals surface area contributed by atoms with Crippen molar-refractivity contribution in [3.05, 3.63) is 0 Å². The largest absolute Gasteiger partial charge is 0.464 e. The summed E-state index contributed by atoms with van der Waals surface area (Å²) >= 11 is 0. The molecule has 1 saturated carbocycles. The number of likely N-dealkylation sites (tertiary alicyclic amines) is 1. The minimum Gasteiger partial charge on any atom is -0.464 e. The average molecular weight is 281 g/mol. The Morgan fingerprint density at radius 2 is 1.85 bits per heavy atom. The van der Waals surface area contributed by atoms with E-state index < -0.39 is 0 Å². The van der Waals surface area contributed by atoms with Gasteiger partial charge in [0, 0.05) is 12.5 Å². The summed E-state index contributed by atoms with van der Waals surface area (Å²) in [6, 6.07) is -0.307. The summed E-state index contributed by atoms with van der Waals surface area (Å²) < 4.78 is 5.35. The molecule has 4 nitrogen and oxygen atoms in total. The van der Waals surface area contributed by atoms with Crippen molar-refractivity contribution in [1.29, 1.82) is 0 Å². The Morgan fingerprint density at radius 1 is 1.10 bits per heavy atom. The Hall–Kier alpha value is -1.06. The number of nitrogens with zero attached hydrogens (tertiary/aromatic N) is 1. The fraction of sp³-hybridized carbons (Fsp3) is 0.875. The molecule has 114 valence electrons. The number of rotatable bonds is 8. The van der Waals surface area contributed by atoms with Gasteiger partial charge in [-0.3, -0.25) is 4.79 Å². The maximum atomic E-state index is 12.1. The van der Waals surface area contributed by atoms with Crippen molar-refractivity contribution >= 4 is 11.9 Å². The Kier molecular flexibility index (Phi) is 5.86. The molecule has 0 radical (unpaired) electrons. The minimum atomic E-state index is -0.307. The van der Waals surface area contributed by atoms with E-state index in [0.717, 1.165) is 45.1 Å². The zero-order valence-corrected chi connectivity index (χ0v) is 12.6. The molecule has 2 aliphatic rings. The second-order valence-electron chi connectivity index (χ2n) is 6.05. The molecule has 0 aromatic rings. The van der Waals surface area contributed by atoms with E-state index in [4.69, 9.17) is 4.74 Å².